The van der Waals surface area contributed by atoms with Crippen molar-refractivity contribution in [2.75, 3.05) is 0 Å². The van der Waals surface area contributed by atoms with Crippen LogP contribution in [0.4, 0.5) is 8.78 Å². The standard InChI is InChI=1S/C11H7F2NO3/c12-8-4-6(11(16)17)5-9(13)7(8)2-1-3-10(14)15/h4-5H,3H2,(H2,14,15)(H,16,17). The van der Waals surface area contributed by atoms with E-state index in [0.29, 0.717) is 12.1 Å². The molecule has 0 aliphatic heterocycles. The lowest BCUT2D eigenvalue weighted by Gasteiger charge is -1.99. The van der Waals surface area contributed by atoms with E-state index >= 15 is 0 Å². The number of carbonyl (C=O) groups is 2. The Kier molecular flexibility index (Phi) is 3.78. The summed E-state index contributed by atoms with van der Waals surface area (Å²) in [7, 11) is 0. The fourth-order valence-corrected chi connectivity index (χ4v) is 1.04. The van der Waals surface area contributed by atoms with Gasteiger partial charge in [-0.15, -0.1) is 0 Å². The molecule has 88 valence electrons. The van der Waals surface area contributed by atoms with Crippen molar-refractivity contribution in [1.82, 2.24) is 0 Å². The average Bonchev–Trinajstić information content (AvgIpc) is 2.21. The van der Waals surface area contributed by atoms with Crippen LogP contribution in [-0.2, 0) is 4.79 Å². The Morgan fingerprint density at radius 1 is 1.29 bits per heavy atom. The molecule has 0 spiro atoms. The third-order valence-electron chi connectivity index (χ3n) is 1.77. The van der Waals surface area contributed by atoms with Gasteiger partial charge in [-0.2, -0.15) is 0 Å². The summed E-state index contributed by atoms with van der Waals surface area (Å²) in [6.07, 6.45) is -0.334. The molecule has 0 aliphatic rings. The highest BCUT2D eigenvalue weighted by molar-refractivity contribution is 5.87. The average molecular weight is 239 g/mol. The highest BCUT2D eigenvalue weighted by Gasteiger charge is 2.12. The van der Waals surface area contributed by atoms with Crippen molar-refractivity contribution in [1.29, 1.82) is 0 Å². The molecule has 1 amide bonds. The van der Waals surface area contributed by atoms with Gasteiger partial charge >= 0.3 is 5.97 Å². The number of nitrogens with two attached hydrogens (primary N) is 1. The first kappa shape index (κ1) is 12.6. The third kappa shape index (κ3) is 3.28. The van der Waals surface area contributed by atoms with Gasteiger partial charge in [0.05, 0.1) is 17.5 Å². The number of benzene rings is 1. The van der Waals surface area contributed by atoms with Gasteiger partial charge in [0.25, 0.3) is 0 Å². The summed E-state index contributed by atoms with van der Waals surface area (Å²) in [5.41, 5.74) is 3.69. The second-order valence-electron chi connectivity index (χ2n) is 3.06. The van der Waals surface area contributed by atoms with Crippen LogP contribution in [0.1, 0.15) is 22.3 Å². The zero-order valence-corrected chi connectivity index (χ0v) is 8.46. The molecule has 0 saturated carbocycles. The Balaban J connectivity index is 3.13. The predicted molar refractivity (Wildman–Crippen MR) is 54.0 cm³/mol. The summed E-state index contributed by atoms with van der Waals surface area (Å²) in [6, 6.07) is 1.30. The quantitative estimate of drug-likeness (QED) is 0.752. The van der Waals surface area contributed by atoms with Crippen LogP contribution in [0.2, 0.25) is 0 Å². The van der Waals surface area contributed by atoms with E-state index in [4.69, 9.17) is 10.8 Å². The van der Waals surface area contributed by atoms with E-state index in [1.807, 2.05) is 0 Å². The fraction of sp³-hybridized carbons (Fsp3) is 0.0909. The minimum absolute atomic E-state index is 0.334. The Morgan fingerprint density at radius 3 is 2.24 bits per heavy atom. The van der Waals surface area contributed by atoms with Crippen molar-refractivity contribution < 1.29 is 23.5 Å². The topological polar surface area (TPSA) is 80.4 Å². The van der Waals surface area contributed by atoms with Gasteiger partial charge < -0.3 is 10.8 Å². The number of amides is 1. The molecule has 1 aromatic carbocycles. The molecule has 0 aromatic heterocycles. The van der Waals surface area contributed by atoms with E-state index in [1.165, 1.54) is 0 Å². The van der Waals surface area contributed by atoms with Crippen LogP contribution in [0.3, 0.4) is 0 Å². The Bertz CT molecular complexity index is 520. The minimum atomic E-state index is -1.44. The van der Waals surface area contributed by atoms with Crippen molar-refractivity contribution in [2.45, 2.75) is 6.42 Å². The van der Waals surface area contributed by atoms with Crippen LogP contribution in [0.25, 0.3) is 0 Å². The second-order valence-corrected chi connectivity index (χ2v) is 3.06. The first-order valence-corrected chi connectivity index (χ1v) is 4.41. The molecule has 3 N–H and O–H groups in total. The van der Waals surface area contributed by atoms with E-state index in [1.54, 1.807) is 0 Å². The molecule has 0 atom stereocenters. The lowest BCUT2D eigenvalue weighted by atomic mass is 10.1. The van der Waals surface area contributed by atoms with Crippen molar-refractivity contribution in [3.05, 3.63) is 34.9 Å². The largest absolute Gasteiger partial charge is 0.478 e. The Morgan fingerprint density at radius 2 is 1.82 bits per heavy atom. The van der Waals surface area contributed by atoms with E-state index in [2.05, 4.69) is 11.8 Å². The number of carboxylic acid groups (broad SMARTS) is 1. The molecule has 0 fully saturated rings. The van der Waals surface area contributed by atoms with Crippen LogP contribution < -0.4 is 5.73 Å². The van der Waals surface area contributed by atoms with Crippen molar-refractivity contribution >= 4 is 11.9 Å². The number of halogens is 2. The van der Waals surface area contributed by atoms with Gasteiger partial charge in [-0.25, -0.2) is 13.6 Å². The molecule has 0 saturated heterocycles. The van der Waals surface area contributed by atoms with Gasteiger partial charge in [0.1, 0.15) is 11.6 Å². The molecule has 0 aliphatic carbocycles. The summed E-state index contributed by atoms with van der Waals surface area (Å²) in [4.78, 5) is 20.8. The molecule has 17 heavy (non-hydrogen) atoms. The highest BCUT2D eigenvalue weighted by Crippen LogP contribution is 2.14. The first-order chi connectivity index (χ1) is 7.91. The summed E-state index contributed by atoms with van der Waals surface area (Å²) in [5, 5.41) is 8.54. The van der Waals surface area contributed by atoms with Crippen LogP contribution in [0.15, 0.2) is 12.1 Å². The van der Waals surface area contributed by atoms with E-state index in [9.17, 15) is 18.4 Å². The second kappa shape index (κ2) is 5.07. The number of primary amides is 1. The molecule has 1 rings (SSSR count). The molecule has 0 unspecified atom stereocenters. The normalized spacial score (nSPS) is 9.29. The molecule has 0 heterocycles. The predicted octanol–water partition coefficient (Wildman–Crippen LogP) is 0.890. The summed E-state index contributed by atoms with van der Waals surface area (Å²) in [6.45, 7) is 0. The molecule has 4 nitrogen and oxygen atoms in total. The van der Waals surface area contributed by atoms with E-state index in [-0.39, 0.29) is 6.42 Å². The summed E-state index contributed by atoms with van der Waals surface area (Å²) < 4.78 is 26.5. The van der Waals surface area contributed by atoms with Crippen molar-refractivity contribution in [3.63, 3.8) is 0 Å². The summed E-state index contributed by atoms with van der Waals surface area (Å²) in [5.74, 6) is -0.0979. The molecule has 1 aromatic rings. The molecule has 6 heteroatoms. The SMILES string of the molecule is NC(=O)CC#Cc1c(F)cc(C(=O)O)cc1F. The highest BCUT2D eigenvalue weighted by atomic mass is 19.1. The lowest BCUT2D eigenvalue weighted by Crippen LogP contribution is -2.08. The Labute approximate surface area is 95.0 Å². The maximum Gasteiger partial charge on any atom is 0.335 e. The number of carbonyl (C=O) groups excluding carboxylic acids is 1. The third-order valence-corrected chi connectivity index (χ3v) is 1.77. The van der Waals surface area contributed by atoms with Gasteiger partial charge in [-0.1, -0.05) is 11.8 Å². The molecular weight excluding hydrogens is 232 g/mol. The number of hydrogen-bond donors (Lipinski definition) is 2. The summed E-state index contributed by atoms with van der Waals surface area (Å²) >= 11 is 0. The van der Waals surface area contributed by atoms with Gasteiger partial charge in [0.2, 0.25) is 5.91 Å². The zero-order valence-electron chi connectivity index (χ0n) is 8.46. The number of hydrogen-bond acceptors (Lipinski definition) is 2. The fourth-order valence-electron chi connectivity index (χ4n) is 1.04. The molecule has 0 radical (unpaired) electrons. The van der Waals surface area contributed by atoms with Gasteiger partial charge in [0.15, 0.2) is 0 Å². The van der Waals surface area contributed by atoms with Gasteiger partial charge in [0, 0.05) is 0 Å². The van der Waals surface area contributed by atoms with Crippen LogP contribution in [0, 0.1) is 23.5 Å². The maximum absolute atomic E-state index is 13.3. The number of carboxylic acids is 1. The lowest BCUT2D eigenvalue weighted by molar-refractivity contribution is -0.117. The van der Waals surface area contributed by atoms with Crippen molar-refractivity contribution in [3.8, 4) is 11.8 Å². The number of rotatable bonds is 2. The smallest absolute Gasteiger partial charge is 0.335 e. The Hall–Kier alpha value is -2.42. The van der Waals surface area contributed by atoms with Crippen LogP contribution in [0.5, 0.6) is 0 Å². The minimum Gasteiger partial charge on any atom is -0.478 e. The number of aromatic carboxylic acids is 1. The van der Waals surface area contributed by atoms with Gasteiger partial charge in [-0.3, -0.25) is 4.79 Å². The molecule has 0 bridgehead atoms. The van der Waals surface area contributed by atoms with Crippen molar-refractivity contribution in [2.24, 2.45) is 5.73 Å². The van der Waals surface area contributed by atoms with Crippen LogP contribution in [-0.4, -0.2) is 17.0 Å². The monoisotopic (exact) mass is 239 g/mol. The zero-order chi connectivity index (χ0) is 13.0. The molecular formula is C11H7F2NO3. The first-order valence-electron chi connectivity index (χ1n) is 4.41. The van der Waals surface area contributed by atoms with E-state index in [0.717, 1.165) is 0 Å². The van der Waals surface area contributed by atoms with Gasteiger partial charge in [-0.05, 0) is 12.1 Å². The van der Waals surface area contributed by atoms with Crippen LogP contribution >= 0.6 is 0 Å². The maximum atomic E-state index is 13.3. The van der Waals surface area contributed by atoms with E-state index < -0.39 is 34.6 Å².